The zero-order chi connectivity index (χ0) is 43.2. The molecular formula is C58H44BrIrN4-. The molecule has 1 radical (unpaired) electrons. The molecule has 0 atom stereocenters. The van der Waals surface area contributed by atoms with E-state index in [0.717, 1.165) is 43.5 Å². The molecule has 0 aliphatic heterocycles. The third kappa shape index (κ3) is 6.91. The predicted molar refractivity (Wildman–Crippen MR) is 261 cm³/mol. The second-order valence-electron chi connectivity index (χ2n) is 18.1. The van der Waals surface area contributed by atoms with Gasteiger partial charge in [-0.15, -0.1) is 23.8 Å². The molecule has 4 nitrogen and oxygen atoms in total. The average Bonchev–Trinajstić information content (AvgIpc) is 3.67. The van der Waals surface area contributed by atoms with Crippen molar-refractivity contribution in [1.29, 1.82) is 0 Å². The first kappa shape index (κ1) is 41.8. The summed E-state index contributed by atoms with van der Waals surface area (Å²) in [6, 6.07) is 57.9. The van der Waals surface area contributed by atoms with Gasteiger partial charge in [-0.2, -0.15) is 0 Å². The SMILES string of the molecule is Cc1cc(C)cc(-c2ccccc2-c2c[c-]c(-c3ccc(-c4nc(-c5ccc6c(c5)-c5ccccc5C6(C)C)nc(-c5ccc6c(c5)-c5ccccc5C6(C)C)n4)cn3)cc2Br)c1.[Ir]. The van der Waals surface area contributed by atoms with Crippen LogP contribution in [0, 0.1) is 19.9 Å². The van der Waals surface area contributed by atoms with E-state index in [4.69, 9.17) is 19.9 Å². The van der Waals surface area contributed by atoms with E-state index in [0.29, 0.717) is 17.5 Å². The predicted octanol–water partition coefficient (Wildman–Crippen LogP) is 15.1. The van der Waals surface area contributed by atoms with Gasteiger partial charge in [0.05, 0.1) is 0 Å². The Bertz CT molecular complexity index is 3190. The summed E-state index contributed by atoms with van der Waals surface area (Å²) in [5.41, 5.74) is 21.6. The maximum Gasteiger partial charge on any atom is 0.165 e. The number of rotatable bonds is 6. The van der Waals surface area contributed by atoms with E-state index in [1.165, 1.54) is 66.8 Å². The average molecular weight is 1070 g/mol. The van der Waals surface area contributed by atoms with Gasteiger partial charge in [0.2, 0.25) is 0 Å². The molecule has 2 heterocycles. The van der Waals surface area contributed by atoms with Gasteiger partial charge in [-0.25, -0.2) is 15.0 Å². The minimum Gasteiger partial charge on any atom is -0.304 e. The van der Waals surface area contributed by atoms with Crippen molar-refractivity contribution in [2.75, 3.05) is 0 Å². The van der Waals surface area contributed by atoms with Gasteiger partial charge in [-0.05, 0) is 87.3 Å². The summed E-state index contributed by atoms with van der Waals surface area (Å²) in [5, 5.41) is 0. The summed E-state index contributed by atoms with van der Waals surface area (Å²) < 4.78 is 0.978. The van der Waals surface area contributed by atoms with E-state index in [2.05, 4.69) is 209 Å². The molecular weight excluding hydrogens is 1020 g/mol. The van der Waals surface area contributed by atoms with Crippen LogP contribution in [0.5, 0.6) is 0 Å². The molecule has 64 heavy (non-hydrogen) atoms. The normalized spacial score (nSPS) is 13.7. The van der Waals surface area contributed by atoms with Gasteiger partial charge in [-0.1, -0.05) is 198 Å². The van der Waals surface area contributed by atoms with Gasteiger partial charge in [0.15, 0.2) is 17.5 Å². The zero-order valence-electron chi connectivity index (χ0n) is 36.5. The molecule has 2 aliphatic rings. The Morgan fingerprint density at radius 3 is 1.42 bits per heavy atom. The van der Waals surface area contributed by atoms with E-state index >= 15 is 0 Å². The van der Waals surface area contributed by atoms with Crippen LogP contribution in [0.25, 0.3) is 89.9 Å². The Morgan fingerprint density at radius 1 is 0.438 bits per heavy atom. The van der Waals surface area contributed by atoms with Crippen LogP contribution in [-0.4, -0.2) is 19.9 Å². The van der Waals surface area contributed by atoms with E-state index in [-0.39, 0.29) is 30.9 Å². The number of fused-ring (bicyclic) bond motifs is 6. The molecule has 0 amide bonds. The van der Waals surface area contributed by atoms with Crippen LogP contribution in [0.1, 0.15) is 61.1 Å². The molecule has 0 N–H and O–H groups in total. The molecule has 0 saturated heterocycles. The monoisotopic (exact) mass is 1070 g/mol. The molecule has 2 aliphatic carbocycles. The molecule has 7 aromatic carbocycles. The van der Waals surface area contributed by atoms with Crippen LogP contribution in [0.4, 0.5) is 0 Å². The van der Waals surface area contributed by atoms with Gasteiger partial charge in [0.1, 0.15) is 0 Å². The largest absolute Gasteiger partial charge is 0.304 e. The number of benzene rings is 7. The van der Waals surface area contributed by atoms with Crippen molar-refractivity contribution in [3.05, 3.63) is 202 Å². The summed E-state index contributed by atoms with van der Waals surface area (Å²) in [4.78, 5) is 20.6. The smallest absolute Gasteiger partial charge is 0.165 e. The van der Waals surface area contributed by atoms with Crippen molar-refractivity contribution in [2.24, 2.45) is 0 Å². The number of aromatic nitrogens is 4. The van der Waals surface area contributed by atoms with Crippen molar-refractivity contribution in [3.8, 4) is 89.9 Å². The molecule has 0 fully saturated rings. The minimum absolute atomic E-state index is 0. The number of pyridine rings is 1. The standard InChI is InChI=1S/C58H44BrN4.Ir/c1-34-27-35(2)29-40(28-34)41-13-7-8-14-42(41)45-23-19-36(32-52(45)59)53-26-22-39(33-60-53)56-62-54(37-20-24-50-46(30-37)43-15-9-11-17-48(43)57(50,3)4)61-55(63-56)38-21-25-51-47(31-38)44-16-10-12-18-49(44)58(51,5)6;/h7-18,20-33H,1-6H3;/q-1;. The maximum atomic E-state index is 5.22. The third-order valence-electron chi connectivity index (χ3n) is 13.3. The van der Waals surface area contributed by atoms with Gasteiger partial charge < -0.3 is 4.98 Å². The fourth-order valence-corrected chi connectivity index (χ4v) is 10.6. The quantitative estimate of drug-likeness (QED) is 0.156. The summed E-state index contributed by atoms with van der Waals surface area (Å²) in [6.07, 6.45) is 1.87. The van der Waals surface area contributed by atoms with Gasteiger partial charge >= 0.3 is 0 Å². The van der Waals surface area contributed by atoms with Crippen molar-refractivity contribution < 1.29 is 20.1 Å². The first-order chi connectivity index (χ1) is 30.4. The Balaban J connectivity index is 0.00000484. The first-order valence-corrected chi connectivity index (χ1v) is 22.3. The van der Waals surface area contributed by atoms with E-state index < -0.39 is 0 Å². The van der Waals surface area contributed by atoms with Gasteiger partial charge in [0.25, 0.3) is 0 Å². The van der Waals surface area contributed by atoms with Crippen molar-refractivity contribution in [1.82, 2.24) is 19.9 Å². The van der Waals surface area contributed by atoms with Gasteiger partial charge in [-0.3, -0.25) is 0 Å². The van der Waals surface area contributed by atoms with Gasteiger partial charge in [0, 0.05) is 53.8 Å². The zero-order valence-corrected chi connectivity index (χ0v) is 40.5. The molecule has 0 unspecified atom stereocenters. The van der Waals surface area contributed by atoms with Crippen molar-refractivity contribution in [2.45, 2.75) is 52.4 Å². The van der Waals surface area contributed by atoms with Crippen LogP contribution in [0.2, 0.25) is 0 Å². The Morgan fingerprint density at radius 2 is 0.906 bits per heavy atom. The number of hydrogen-bond donors (Lipinski definition) is 0. The Labute approximate surface area is 397 Å². The van der Waals surface area contributed by atoms with E-state index in [1.54, 1.807) is 0 Å². The first-order valence-electron chi connectivity index (χ1n) is 21.6. The molecule has 313 valence electrons. The fraction of sp³-hybridized carbons (Fsp3) is 0.138. The summed E-state index contributed by atoms with van der Waals surface area (Å²) in [6.45, 7) is 13.5. The van der Waals surface area contributed by atoms with Crippen LogP contribution < -0.4 is 0 Å². The Hall–Kier alpha value is -6.17. The molecule has 2 aromatic heterocycles. The molecule has 6 heteroatoms. The second-order valence-corrected chi connectivity index (χ2v) is 19.0. The number of aryl methyl sites for hydroxylation is 2. The van der Waals surface area contributed by atoms with E-state index in [1.807, 2.05) is 12.3 Å². The van der Waals surface area contributed by atoms with Crippen LogP contribution in [-0.2, 0) is 30.9 Å². The summed E-state index contributed by atoms with van der Waals surface area (Å²) >= 11 is 3.92. The van der Waals surface area contributed by atoms with Crippen molar-refractivity contribution >= 4 is 15.9 Å². The molecule has 9 aromatic rings. The third-order valence-corrected chi connectivity index (χ3v) is 13.9. The number of halogens is 1. The number of nitrogens with zero attached hydrogens (tertiary/aromatic N) is 4. The molecule has 0 spiro atoms. The second kappa shape index (κ2) is 15.8. The minimum atomic E-state index is -0.0971. The van der Waals surface area contributed by atoms with Crippen LogP contribution in [0.15, 0.2) is 162 Å². The van der Waals surface area contributed by atoms with Crippen LogP contribution >= 0.6 is 15.9 Å². The molecule has 0 saturated carbocycles. The summed E-state index contributed by atoms with van der Waals surface area (Å²) in [7, 11) is 0. The molecule has 0 bridgehead atoms. The van der Waals surface area contributed by atoms with E-state index in [9.17, 15) is 0 Å². The summed E-state index contributed by atoms with van der Waals surface area (Å²) in [5.74, 6) is 1.82. The Kier molecular flexibility index (Phi) is 10.3. The topological polar surface area (TPSA) is 51.6 Å². The number of hydrogen-bond acceptors (Lipinski definition) is 4. The van der Waals surface area contributed by atoms with Crippen molar-refractivity contribution in [3.63, 3.8) is 0 Å². The maximum absolute atomic E-state index is 5.22. The van der Waals surface area contributed by atoms with Crippen LogP contribution in [0.3, 0.4) is 0 Å². The fourth-order valence-electron chi connectivity index (χ4n) is 10.1. The molecule has 11 rings (SSSR count).